The lowest BCUT2D eigenvalue weighted by Crippen LogP contribution is -2.00. The number of benzene rings is 2. The van der Waals surface area contributed by atoms with Crippen molar-refractivity contribution in [2.45, 2.75) is 58.9 Å². The van der Waals surface area contributed by atoms with E-state index in [9.17, 15) is 0 Å². The summed E-state index contributed by atoms with van der Waals surface area (Å²) in [4.78, 5) is 0. The Morgan fingerprint density at radius 3 is 2.21 bits per heavy atom. The second-order valence-corrected chi connectivity index (χ2v) is 6.68. The Morgan fingerprint density at radius 1 is 0.875 bits per heavy atom. The second-order valence-electron chi connectivity index (χ2n) is 6.68. The average molecular weight is 325 g/mol. The quantitative estimate of drug-likeness (QED) is 0.512. The molecule has 0 unspecified atom stereocenters. The molecule has 0 heterocycles. The summed E-state index contributed by atoms with van der Waals surface area (Å²) < 4.78 is 5.78. The smallest absolute Gasteiger partial charge is 0.119 e. The molecule has 0 aliphatic heterocycles. The summed E-state index contributed by atoms with van der Waals surface area (Å²) in [7, 11) is 0. The van der Waals surface area contributed by atoms with Crippen LogP contribution in [0.4, 0.5) is 5.69 Å². The van der Waals surface area contributed by atoms with E-state index < -0.39 is 0 Å². The van der Waals surface area contributed by atoms with Crippen LogP contribution in [-0.2, 0) is 6.54 Å². The van der Waals surface area contributed by atoms with E-state index in [-0.39, 0.29) is 0 Å². The van der Waals surface area contributed by atoms with E-state index in [2.05, 4.69) is 62.5 Å². The number of anilines is 1. The molecule has 2 nitrogen and oxygen atoms in total. The first-order chi connectivity index (χ1) is 11.7. The third kappa shape index (κ3) is 6.27. The Labute approximate surface area is 147 Å². The molecule has 0 saturated heterocycles. The summed E-state index contributed by atoms with van der Waals surface area (Å²) in [5, 5.41) is 3.47. The molecule has 0 atom stereocenters. The molecule has 0 radical (unpaired) electrons. The molecule has 130 valence electrons. The minimum absolute atomic E-state index is 0.585. The zero-order valence-corrected chi connectivity index (χ0v) is 15.3. The Kier molecular flexibility index (Phi) is 7.67. The van der Waals surface area contributed by atoms with Gasteiger partial charge in [0.25, 0.3) is 0 Å². The predicted molar refractivity (Wildman–Crippen MR) is 104 cm³/mol. The van der Waals surface area contributed by atoms with Crippen LogP contribution < -0.4 is 10.1 Å². The molecular formula is C22H31NO. The van der Waals surface area contributed by atoms with Crippen LogP contribution >= 0.6 is 0 Å². The Bertz CT molecular complexity index is 572. The van der Waals surface area contributed by atoms with Crippen LogP contribution in [0.2, 0.25) is 0 Å². The molecule has 0 aliphatic carbocycles. The number of rotatable bonds is 10. The van der Waals surface area contributed by atoms with Crippen LogP contribution in [0, 0.1) is 0 Å². The van der Waals surface area contributed by atoms with Gasteiger partial charge in [-0.3, -0.25) is 0 Å². The van der Waals surface area contributed by atoms with Gasteiger partial charge in [-0.05, 0) is 47.7 Å². The first-order valence-electron chi connectivity index (χ1n) is 9.24. The van der Waals surface area contributed by atoms with E-state index in [1.165, 1.54) is 30.4 Å². The molecule has 2 aromatic rings. The largest absolute Gasteiger partial charge is 0.494 e. The van der Waals surface area contributed by atoms with Crippen molar-refractivity contribution in [3.63, 3.8) is 0 Å². The van der Waals surface area contributed by atoms with Crippen LogP contribution in [0.5, 0.6) is 5.75 Å². The highest BCUT2D eigenvalue weighted by Crippen LogP contribution is 2.18. The highest BCUT2D eigenvalue weighted by Gasteiger charge is 2.00. The maximum Gasteiger partial charge on any atom is 0.119 e. The monoisotopic (exact) mass is 325 g/mol. The lowest BCUT2D eigenvalue weighted by atomic mass is 10.0. The Morgan fingerprint density at radius 2 is 1.58 bits per heavy atom. The summed E-state index contributed by atoms with van der Waals surface area (Å²) in [6, 6.07) is 17.1. The van der Waals surface area contributed by atoms with Gasteiger partial charge in [0.05, 0.1) is 6.61 Å². The topological polar surface area (TPSA) is 21.3 Å². The zero-order chi connectivity index (χ0) is 17.2. The van der Waals surface area contributed by atoms with Gasteiger partial charge < -0.3 is 10.1 Å². The van der Waals surface area contributed by atoms with Gasteiger partial charge in [-0.2, -0.15) is 0 Å². The summed E-state index contributed by atoms with van der Waals surface area (Å²) in [6.07, 6.45) is 4.96. The van der Waals surface area contributed by atoms with E-state index in [0.29, 0.717) is 5.92 Å². The van der Waals surface area contributed by atoms with E-state index in [1.54, 1.807) is 0 Å². The van der Waals surface area contributed by atoms with Gasteiger partial charge in [-0.15, -0.1) is 0 Å². The zero-order valence-electron chi connectivity index (χ0n) is 15.3. The summed E-state index contributed by atoms with van der Waals surface area (Å²) in [6.45, 7) is 8.33. The molecule has 0 bridgehead atoms. The lowest BCUT2D eigenvalue weighted by Gasteiger charge is -2.10. The van der Waals surface area contributed by atoms with E-state index >= 15 is 0 Å². The van der Waals surface area contributed by atoms with Crippen LogP contribution in [0.3, 0.4) is 0 Å². The fourth-order valence-corrected chi connectivity index (χ4v) is 2.61. The van der Waals surface area contributed by atoms with Gasteiger partial charge in [0.1, 0.15) is 5.75 Å². The van der Waals surface area contributed by atoms with E-state index in [0.717, 1.165) is 31.0 Å². The van der Waals surface area contributed by atoms with Crippen molar-refractivity contribution in [3.8, 4) is 5.75 Å². The SMILES string of the molecule is CCCCCCOc1ccc(NCc2ccc(C(C)C)cc2)cc1. The van der Waals surface area contributed by atoms with Crippen molar-refractivity contribution < 1.29 is 4.74 Å². The Hall–Kier alpha value is -1.96. The summed E-state index contributed by atoms with van der Waals surface area (Å²) >= 11 is 0. The highest BCUT2D eigenvalue weighted by molar-refractivity contribution is 5.46. The predicted octanol–water partition coefficient (Wildman–Crippen LogP) is 6.38. The molecule has 2 heteroatoms. The molecule has 2 aromatic carbocycles. The molecule has 0 fully saturated rings. The van der Waals surface area contributed by atoms with Crippen molar-refractivity contribution in [2.75, 3.05) is 11.9 Å². The third-order valence-corrected chi connectivity index (χ3v) is 4.26. The molecule has 2 rings (SSSR count). The maximum atomic E-state index is 5.78. The number of nitrogens with one attached hydrogen (secondary N) is 1. The lowest BCUT2D eigenvalue weighted by molar-refractivity contribution is 0.305. The van der Waals surface area contributed by atoms with E-state index in [4.69, 9.17) is 4.74 Å². The number of unbranched alkanes of at least 4 members (excludes halogenated alkanes) is 3. The van der Waals surface area contributed by atoms with Gasteiger partial charge in [0, 0.05) is 12.2 Å². The van der Waals surface area contributed by atoms with Gasteiger partial charge in [0.2, 0.25) is 0 Å². The molecular weight excluding hydrogens is 294 g/mol. The molecule has 0 spiro atoms. The highest BCUT2D eigenvalue weighted by atomic mass is 16.5. The van der Waals surface area contributed by atoms with Crippen molar-refractivity contribution in [3.05, 3.63) is 59.7 Å². The molecule has 1 N–H and O–H groups in total. The number of hydrogen-bond acceptors (Lipinski definition) is 2. The van der Waals surface area contributed by atoms with Crippen molar-refractivity contribution in [2.24, 2.45) is 0 Å². The number of hydrogen-bond donors (Lipinski definition) is 1. The van der Waals surface area contributed by atoms with Crippen molar-refractivity contribution >= 4 is 5.69 Å². The fourth-order valence-electron chi connectivity index (χ4n) is 2.61. The second kappa shape index (κ2) is 10.0. The maximum absolute atomic E-state index is 5.78. The number of ether oxygens (including phenoxy) is 1. The van der Waals surface area contributed by atoms with Crippen molar-refractivity contribution in [1.29, 1.82) is 0 Å². The van der Waals surface area contributed by atoms with Gasteiger partial charge in [0.15, 0.2) is 0 Å². The minimum atomic E-state index is 0.585. The fraction of sp³-hybridized carbons (Fsp3) is 0.455. The molecule has 0 saturated carbocycles. The van der Waals surface area contributed by atoms with Crippen LogP contribution in [-0.4, -0.2) is 6.61 Å². The van der Waals surface area contributed by atoms with Crippen LogP contribution in [0.1, 0.15) is 63.5 Å². The standard InChI is InChI=1S/C22H31NO/c1-4-5-6-7-16-24-22-14-12-21(13-15-22)23-17-19-8-10-20(11-9-19)18(2)3/h8-15,18,23H,4-7,16-17H2,1-3H3. The summed E-state index contributed by atoms with van der Waals surface area (Å²) in [5.41, 5.74) is 3.82. The first kappa shape index (κ1) is 18.4. The normalized spacial score (nSPS) is 10.8. The van der Waals surface area contributed by atoms with Crippen LogP contribution in [0.25, 0.3) is 0 Å². The van der Waals surface area contributed by atoms with Gasteiger partial charge >= 0.3 is 0 Å². The van der Waals surface area contributed by atoms with Crippen LogP contribution in [0.15, 0.2) is 48.5 Å². The molecule has 0 aliphatic rings. The van der Waals surface area contributed by atoms with Crippen molar-refractivity contribution in [1.82, 2.24) is 0 Å². The molecule has 24 heavy (non-hydrogen) atoms. The van der Waals surface area contributed by atoms with Gasteiger partial charge in [-0.25, -0.2) is 0 Å². The van der Waals surface area contributed by atoms with Gasteiger partial charge in [-0.1, -0.05) is 64.3 Å². The Balaban J connectivity index is 1.75. The first-order valence-corrected chi connectivity index (χ1v) is 9.24. The molecule has 0 aromatic heterocycles. The third-order valence-electron chi connectivity index (χ3n) is 4.26. The minimum Gasteiger partial charge on any atom is -0.494 e. The molecule has 0 amide bonds. The van der Waals surface area contributed by atoms with E-state index in [1.807, 2.05) is 12.1 Å². The average Bonchev–Trinajstić information content (AvgIpc) is 2.61. The summed E-state index contributed by atoms with van der Waals surface area (Å²) in [5.74, 6) is 1.54.